The van der Waals surface area contributed by atoms with E-state index >= 15 is 0 Å². The van der Waals surface area contributed by atoms with E-state index in [-0.39, 0.29) is 0 Å². The van der Waals surface area contributed by atoms with Crippen LogP contribution < -0.4 is 0 Å². The van der Waals surface area contributed by atoms with Gasteiger partial charge in [0.25, 0.3) is 0 Å². The van der Waals surface area contributed by atoms with Crippen LogP contribution in [0.5, 0.6) is 0 Å². The van der Waals surface area contributed by atoms with Gasteiger partial charge < -0.3 is 4.52 Å². The molecule has 0 amide bonds. The summed E-state index contributed by atoms with van der Waals surface area (Å²) in [7, 11) is 0. The van der Waals surface area contributed by atoms with E-state index in [1.54, 1.807) is 0 Å². The molecule has 2 heterocycles. The molecule has 4 heteroatoms. The van der Waals surface area contributed by atoms with Crippen molar-refractivity contribution in [3.8, 4) is 11.3 Å². The van der Waals surface area contributed by atoms with E-state index in [0.29, 0.717) is 19.5 Å². The van der Waals surface area contributed by atoms with Crippen LogP contribution in [0.4, 0.5) is 4.39 Å². The lowest BCUT2D eigenvalue weighted by atomic mass is 10.0. The Morgan fingerprint density at radius 3 is 2.90 bits per heavy atom. The number of nitrogens with zero attached hydrogens (tertiary/aromatic N) is 2. The molecular formula is C16H19FN2O. The molecule has 1 aliphatic rings. The monoisotopic (exact) mass is 274 g/mol. The van der Waals surface area contributed by atoms with E-state index in [1.165, 1.54) is 0 Å². The summed E-state index contributed by atoms with van der Waals surface area (Å²) < 4.78 is 19.0. The fourth-order valence-electron chi connectivity index (χ4n) is 2.76. The van der Waals surface area contributed by atoms with Gasteiger partial charge in [-0.3, -0.25) is 4.90 Å². The molecule has 0 radical (unpaired) electrons. The first-order valence-electron chi connectivity index (χ1n) is 7.11. The molecule has 0 bridgehead atoms. The predicted octanol–water partition coefficient (Wildman–Crippen LogP) is 3.58. The number of likely N-dealkylation sites (tertiary alicyclic amines) is 1. The van der Waals surface area contributed by atoms with Gasteiger partial charge in [0.2, 0.25) is 0 Å². The summed E-state index contributed by atoms with van der Waals surface area (Å²) in [6.07, 6.45) is 0.903. The number of benzene rings is 1. The third kappa shape index (κ3) is 2.75. The smallest absolute Gasteiger partial charge is 0.171 e. The molecule has 0 N–H and O–H groups in total. The van der Waals surface area contributed by atoms with Crippen molar-refractivity contribution in [3.05, 3.63) is 41.6 Å². The molecule has 0 aliphatic carbocycles. The number of rotatable bonds is 3. The number of aromatic nitrogens is 1. The molecule has 1 fully saturated rings. The average molecular weight is 274 g/mol. The number of alkyl halides is 1. The van der Waals surface area contributed by atoms with Gasteiger partial charge in [0.05, 0.1) is 5.69 Å². The topological polar surface area (TPSA) is 29.3 Å². The maximum Gasteiger partial charge on any atom is 0.171 e. The van der Waals surface area contributed by atoms with Crippen molar-refractivity contribution < 1.29 is 8.91 Å². The molecule has 2 aromatic rings. The molecule has 0 saturated carbocycles. The molecule has 20 heavy (non-hydrogen) atoms. The predicted molar refractivity (Wildman–Crippen MR) is 76.1 cm³/mol. The zero-order chi connectivity index (χ0) is 13.9. The van der Waals surface area contributed by atoms with Gasteiger partial charge >= 0.3 is 0 Å². The van der Waals surface area contributed by atoms with Gasteiger partial charge in [-0.1, -0.05) is 35.5 Å². The Kier molecular flexibility index (Phi) is 3.83. The van der Waals surface area contributed by atoms with Crippen molar-refractivity contribution in [1.82, 2.24) is 10.1 Å². The second-order valence-electron chi connectivity index (χ2n) is 5.42. The van der Waals surface area contributed by atoms with Crippen LogP contribution in [0.1, 0.15) is 24.1 Å². The first-order valence-corrected chi connectivity index (χ1v) is 7.11. The maximum absolute atomic E-state index is 13.5. The lowest BCUT2D eigenvalue weighted by molar-refractivity contribution is 0.133. The summed E-state index contributed by atoms with van der Waals surface area (Å²) >= 11 is 0. The molecule has 1 aliphatic heterocycles. The van der Waals surface area contributed by atoms with Gasteiger partial charge in [-0.05, 0) is 26.3 Å². The van der Waals surface area contributed by atoms with Gasteiger partial charge in [-0.15, -0.1) is 0 Å². The normalized spacial score (nSPS) is 20.2. The third-order valence-electron chi connectivity index (χ3n) is 3.85. The van der Waals surface area contributed by atoms with Crippen LogP contribution in [0, 0.1) is 6.92 Å². The minimum atomic E-state index is -0.705. The average Bonchev–Trinajstić information content (AvgIpc) is 2.81. The fourth-order valence-corrected chi connectivity index (χ4v) is 2.76. The van der Waals surface area contributed by atoms with Crippen LogP contribution in [-0.2, 0) is 6.54 Å². The van der Waals surface area contributed by atoms with E-state index in [0.717, 1.165) is 35.5 Å². The Balaban J connectivity index is 1.84. The van der Waals surface area contributed by atoms with Crippen LogP contribution in [0.25, 0.3) is 11.3 Å². The lowest BCUT2D eigenvalue weighted by Crippen LogP contribution is -2.35. The van der Waals surface area contributed by atoms with Gasteiger partial charge in [0.1, 0.15) is 6.17 Å². The largest absolute Gasteiger partial charge is 0.356 e. The molecule has 0 unspecified atom stereocenters. The highest BCUT2D eigenvalue weighted by molar-refractivity contribution is 5.61. The highest BCUT2D eigenvalue weighted by Crippen LogP contribution is 2.28. The van der Waals surface area contributed by atoms with Crippen LogP contribution in [0.15, 0.2) is 34.9 Å². The molecule has 3 rings (SSSR count). The van der Waals surface area contributed by atoms with Gasteiger partial charge in [-0.2, -0.15) is 0 Å². The summed E-state index contributed by atoms with van der Waals surface area (Å²) in [6, 6.07) is 9.96. The molecule has 0 spiro atoms. The summed E-state index contributed by atoms with van der Waals surface area (Å²) in [4.78, 5) is 2.15. The molecular weight excluding hydrogens is 255 g/mol. The Morgan fingerprint density at radius 1 is 1.35 bits per heavy atom. The van der Waals surface area contributed by atoms with E-state index < -0.39 is 6.17 Å². The Bertz CT molecular complexity index is 567. The Hall–Kier alpha value is -1.68. The van der Waals surface area contributed by atoms with Gasteiger partial charge in [0.15, 0.2) is 5.76 Å². The zero-order valence-corrected chi connectivity index (χ0v) is 11.7. The highest BCUT2D eigenvalue weighted by Gasteiger charge is 2.23. The second-order valence-corrected chi connectivity index (χ2v) is 5.42. The van der Waals surface area contributed by atoms with Crippen LogP contribution in [-0.4, -0.2) is 29.3 Å². The van der Waals surface area contributed by atoms with Crippen LogP contribution in [0.3, 0.4) is 0 Å². The summed E-state index contributed by atoms with van der Waals surface area (Å²) in [5.41, 5.74) is 2.99. The minimum absolute atomic E-state index is 0.513. The molecule has 1 aromatic carbocycles. The molecule has 1 saturated heterocycles. The van der Waals surface area contributed by atoms with E-state index in [2.05, 4.69) is 10.1 Å². The SMILES string of the molecule is Cc1noc(-c2ccccc2)c1CN1CCC[C@@H](F)C1. The summed E-state index contributed by atoms with van der Waals surface area (Å²) in [6.45, 7) is 4.11. The number of hydrogen-bond acceptors (Lipinski definition) is 3. The zero-order valence-electron chi connectivity index (χ0n) is 11.7. The number of aryl methyl sites for hydroxylation is 1. The lowest BCUT2D eigenvalue weighted by Gasteiger charge is -2.28. The third-order valence-corrected chi connectivity index (χ3v) is 3.85. The van der Waals surface area contributed by atoms with Gasteiger partial charge in [0, 0.05) is 24.2 Å². The Labute approximate surface area is 118 Å². The van der Waals surface area contributed by atoms with Crippen LogP contribution in [0.2, 0.25) is 0 Å². The van der Waals surface area contributed by atoms with Gasteiger partial charge in [-0.25, -0.2) is 4.39 Å². The van der Waals surface area contributed by atoms with Crippen molar-refractivity contribution in [1.29, 1.82) is 0 Å². The standard InChI is InChI=1S/C16H19FN2O/c1-12-15(11-19-9-5-8-14(17)10-19)16(20-18-12)13-6-3-2-4-7-13/h2-4,6-7,14H,5,8-11H2,1H3/t14-/m1/s1. The summed E-state index contributed by atoms with van der Waals surface area (Å²) in [5, 5.41) is 4.08. The molecule has 3 nitrogen and oxygen atoms in total. The molecule has 1 atom stereocenters. The first-order chi connectivity index (χ1) is 9.74. The van der Waals surface area contributed by atoms with Crippen molar-refractivity contribution in [2.75, 3.05) is 13.1 Å². The number of halogens is 1. The molecule has 1 aromatic heterocycles. The quantitative estimate of drug-likeness (QED) is 0.856. The van der Waals surface area contributed by atoms with Crippen molar-refractivity contribution in [2.24, 2.45) is 0 Å². The molecule has 106 valence electrons. The van der Waals surface area contributed by atoms with Crippen molar-refractivity contribution >= 4 is 0 Å². The van der Waals surface area contributed by atoms with Crippen molar-refractivity contribution in [3.63, 3.8) is 0 Å². The fraction of sp³-hybridized carbons (Fsp3) is 0.438. The number of piperidine rings is 1. The second kappa shape index (κ2) is 5.75. The van der Waals surface area contributed by atoms with Crippen LogP contribution >= 0.6 is 0 Å². The van der Waals surface area contributed by atoms with Crippen molar-refractivity contribution in [2.45, 2.75) is 32.5 Å². The van der Waals surface area contributed by atoms with E-state index in [9.17, 15) is 4.39 Å². The van der Waals surface area contributed by atoms with E-state index in [1.807, 2.05) is 37.3 Å². The first kappa shape index (κ1) is 13.3. The highest BCUT2D eigenvalue weighted by atomic mass is 19.1. The Morgan fingerprint density at radius 2 is 2.15 bits per heavy atom. The summed E-state index contributed by atoms with van der Waals surface area (Å²) in [5.74, 6) is 0.809. The number of hydrogen-bond donors (Lipinski definition) is 0. The maximum atomic E-state index is 13.5. The van der Waals surface area contributed by atoms with E-state index in [4.69, 9.17) is 4.52 Å². The minimum Gasteiger partial charge on any atom is -0.356 e.